The number of nitrogens with zero attached hydrogens (tertiary/aromatic N) is 7. The normalized spacial score (nSPS) is 11.4. The molecule has 4 aromatic heterocycles. The Balaban J connectivity index is 1.45. The first-order valence-electron chi connectivity index (χ1n) is 13.1. The Bertz CT molecular complexity index is 2090. The van der Waals surface area contributed by atoms with E-state index in [0.717, 1.165) is 44.1 Å². The van der Waals surface area contributed by atoms with Crippen LogP contribution in [0.1, 0.15) is 5.56 Å². The third kappa shape index (κ3) is 4.17. The van der Waals surface area contributed by atoms with Gasteiger partial charge in [0, 0.05) is 41.6 Å². The third-order valence-electron chi connectivity index (χ3n) is 7.16. The highest BCUT2D eigenvalue weighted by Gasteiger charge is 2.21. The minimum atomic E-state index is -0.332. The minimum absolute atomic E-state index is 0.316. The molecule has 3 aromatic carbocycles. The Morgan fingerprint density at radius 3 is 2.39 bits per heavy atom. The number of hydrogen-bond donors (Lipinski definition) is 2. The van der Waals surface area contributed by atoms with Crippen LogP contribution >= 0.6 is 0 Å². The lowest BCUT2D eigenvalue weighted by Crippen LogP contribution is -2.06. The molecule has 0 saturated heterocycles. The first kappa shape index (κ1) is 24.5. The Morgan fingerprint density at radius 2 is 1.54 bits per heavy atom. The lowest BCUT2D eigenvalue weighted by molar-refractivity contribution is 0.630. The van der Waals surface area contributed by atoms with E-state index in [0.29, 0.717) is 35.0 Å². The van der Waals surface area contributed by atoms with Crippen molar-refractivity contribution in [2.45, 2.75) is 6.54 Å². The maximum absolute atomic E-state index is 15.1. The van der Waals surface area contributed by atoms with Gasteiger partial charge in [0.05, 0.1) is 28.7 Å². The molecule has 4 heterocycles. The van der Waals surface area contributed by atoms with E-state index in [1.165, 1.54) is 18.7 Å². The molecule has 7 aromatic rings. The first-order valence-corrected chi connectivity index (χ1v) is 13.1. The molecule has 7 rings (SSSR count). The second kappa shape index (κ2) is 9.91. The van der Waals surface area contributed by atoms with Crippen LogP contribution in [-0.2, 0) is 6.54 Å². The molecule has 10 heteroatoms. The molecule has 0 radical (unpaired) electrons. The molecule has 0 fully saturated rings. The summed E-state index contributed by atoms with van der Waals surface area (Å²) < 4.78 is 16.9. The monoisotopic (exact) mass is 541 g/mol. The van der Waals surface area contributed by atoms with E-state index < -0.39 is 0 Å². The molecule has 0 amide bonds. The fourth-order valence-corrected chi connectivity index (χ4v) is 5.24. The highest BCUT2D eigenvalue weighted by atomic mass is 19.1. The summed E-state index contributed by atoms with van der Waals surface area (Å²) in [6.07, 6.45) is 3.05. The van der Waals surface area contributed by atoms with Crippen molar-refractivity contribution >= 4 is 44.5 Å². The zero-order valence-electron chi connectivity index (χ0n) is 22.3. The van der Waals surface area contributed by atoms with Crippen molar-refractivity contribution in [2.75, 3.05) is 24.7 Å². The summed E-state index contributed by atoms with van der Waals surface area (Å²) in [5, 5.41) is 14.0. The Kier molecular flexibility index (Phi) is 5.93. The summed E-state index contributed by atoms with van der Waals surface area (Å²) in [4.78, 5) is 22.8. The second-order valence-corrected chi connectivity index (χ2v) is 9.55. The van der Waals surface area contributed by atoms with Crippen LogP contribution in [0, 0.1) is 5.82 Å². The molecule has 0 bridgehead atoms. The van der Waals surface area contributed by atoms with Crippen molar-refractivity contribution in [1.82, 2.24) is 34.7 Å². The summed E-state index contributed by atoms with van der Waals surface area (Å²) in [6, 6.07) is 22.5. The van der Waals surface area contributed by atoms with Crippen LogP contribution < -0.4 is 10.6 Å². The van der Waals surface area contributed by atoms with Crippen molar-refractivity contribution in [2.24, 2.45) is 0 Å². The zero-order chi connectivity index (χ0) is 27.9. The number of pyridine rings is 1. The number of rotatable bonds is 6. The van der Waals surface area contributed by atoms with Gasteiger partial charge in [0.25, 0.3) is 0 Å². The number of anilines is 2. The molecule has 0 aliphatic rings. The van der Waals surface area contributed by atoms with E-state index in [9.17, 15) is 0 Å². The SMILES string of the molecule is CNc1ncnc2ccc(-c3nn(Cc4cc5ccccc5nc4-c4ccccc4F)c4ncnc(NC)c34)cc12. The first-order chi connectivity index (χ1) is 20.1. The van der Waals surface area contributed by atoms with Crippen LogP contribution in [0.2, 0.25) is 0 Å². The summed E-state index contributed by atoms with van der Waals surface area (Å²) >= 11 is 0. The number of halogens is 1. The van der Waals surface area contributed by atoms with Crippen molar-refractivity contribution in [3.8, 4) is 22.5 Å². The third-order valence-corrected chi connectivity index (χ3v) is 7.16. The second-order valence-electron chi connectivity index (χ2n) is 9.55. The van der Waals surface area contributed by atoms with Crippen LogP contribution in [0.5, 0.6) is 0 Å². The van der Waals surface area contributed by atoms with E-state index in [1.807, 2.05) is 73.4 Å². The molecule has 0 aliphatic carbocycles. The Morgan fingerprint density at radius 1 is 0.756 bits per heavy atom. The smallest absolute Gasteiger partial charge is 0.164 e. The number of aromatic nitrogens is 7. The van der Waals surface area contributed by atoms with Gasteiger partial charge in [-0.3, -0.25) is 0 Å². The van der Waals surface area contributed by atoms with Gasteiger partial charge in [-0.05, 0) is 36.4 Å². The van der Waals surface area contributed by atoms with Crippen LogP contribution in [-0.4, -0.2) is 48.8 Å². The van der Waals surface area contributed by atoms with E-state index in [1.54, 1.807) is 12.1 Å². The average Bonchev–Trinajstić information content (AvgIpc) is 3.39. The largest absolute Gasteiger partial charge is 0.373 e. The van der Waals surface area contributed by atoms with Crippen LogP contribution in [0.3, 0.4) is 0 Å². The van der Waals surface area contributed by atoms with Gasteiger partial charge in [0.2, 0.25) is 0 Å². The molecule has 41 heavy (non-hydrogen) atoms. The predicted molar refractivity (Wildman–Crippen MR) is 159 cm³/mol. The number of nitrogens with one attached hydrogen (secondary N) is 2. The molecular formula is C31H24FN9. The molecule has 0 atom stereocenters. The molecule has 0 unspecified atom stereocenters. The summed E-state index contributed by atoms with van der Waals surface area (Å²) in [7, 11) is 3.65. The molecule has 200 valence electrons. The highest BCUT2D eigenvalue weighted by Crippen LogP contribution is 2.35. The van der Waals surface area contributed by atoms with Gasteiger partial charge in [-0.25, -0.2) is 34.0 Å². The summed E-state index contributed by atoms with van der Waals surface area (Å²) in [6.45, 7) is 0.316. The number of fused-ring (bicyclic) bond motifs is 3. The summed E-state index contributed by atoms with van der Waals surface area (Å²) in [5.41, 5.74) is 5.64. The van der Waals surface area contributed by atoms with Crippen LogP contribution in [0.4, 0.5) is 16.0 Å². The van der Waals surface area contributed by atoms with Crippen LogP contribution in [0.15, 0.2) is 85.5 Å². The van der Waals surface area contributed by atoms with Gasteiger partial charge in [-0.2, -0.15) is 5.10 Å². The minimum Gasteiger partial charge on any atom is -0.373 e. The van der Waals surface area contributed by atoms with Gasteiger partial charge < -0.3 is 10.6 Å². The van der Waals surface area contributed by atoms with Crippen LogP contribution in [0.25, 0.3) is 55.4 Å². The predicted octanol–water partition coefficient (Wildman–Crippen LogP) is 5.92. The van der Waals surface area contributed by atoms with E-state index in [4.69, 9.17) is 10.1 Å². The number of para-hydroxylation sites is 1. The summed E-state index contributed by atoms with van der Waals surface area (Å²) in [5.74, 6) is 1.05. The lowest BCUT2D eigenvalue weighted by atomic mass is 10.0. The topological polar surface area (TPSA) is 106 Å². The van der Waals surface area contributed by atoms with E-state index in [-0.39, 0.29) is 5.82 Å². The van der Waals surface area contributed by atoms with E-state index >= 15 is 4.39 Å². The molecule has 2 N–H and O–H groups in total. The highest BCUT2D eigenvalue weighted by molar-refractivity contribution is 6.01. The fourth-order valence-electron chi connectivity index (χ4n) is 5.24. The van der Waals surface area contributed by atoms with Crippen molar-refractivity contribution in [3.63, 3.8) is 0 Å². The average molecular weight is 542 g/mol. The van der Waals surface area contributed by atoms with Crippen molar-refractivity contribution in [1.29, 1.82) is 0 Å². The van der Waals surface area contributed by atoms with Crippen molar-refractivity contribution in [3.05, 3.63) is 96.8 Å². The zero-order valence-corrected chi connectivity index (χ0v) is 22.3. The van der Waals surface area contributed by atoms with Gasteiger partial charge in [0.1, 0.15) is 35.8 Å². The fraction of sp³-hybridized carbons (Fsp3) is 0.0968. The van der Waals surface area contributed by atoms with Gasteiger partial charge in [-0.1, -0.05) is 36.4 Å². The number of benzene rings is 3. The molecule has 0 spiro atoms. The maximum Gasteiger partial charge on any atom is 0.164 e. The van der Waals surface area contributed by atoms with Gasteiger partial charge >= 0.3 is 0 Å². The Hall–Kier alpha value is -5.51. The standard InChI is InChI=1S/C31H24FN9/c1-33-29-22-14-19(11-12-25(22)35-16-36-29)28-26-30(34-2)37-17-38-31(26)41(40-28)15-20-13-18-7-3-6-10-24(18)39-27(20)21-8-4-5-9-23(21)32/h3-14,16-17H,15H2,1-2H3,(H,33,35,36)(H,34,37,38). The van der Waals surface area contributed by atoms with E-state index in [2.05, 4.69) is 30.6 Å². The number of hydrogen-bond acceptors (Lipinski definition) is 8. The molecule has 9 nitrogen and oxygen atoms in total. The van der Waals surface area contributed by atoms with Crippen molar-refractivity contribution < 1.29 is 4.39 Å². The molecular weight excluding hydrogens is 517 g/mol. The van der Waals surface area contributed by atoms with Gasteiger partial charge in [-0.15, -0.1) is 0 Å². The maximum atomic E-state index is 15.1. The Labute approximate surface area is 234 Å². The quantitative estimate of drug-likeness (QED) is 0.267. The van der Waals surface area contributed by atoms with Gasteiger partial charge in [0.15, 0.2) is 5.65 Å². The molecule has 0 aliphatic heterocycles. The molecule has 0 saturated carbocycles. The lowest BCUT2D eigenvalue weighted by Gasteiger charge is -2.12.